The molecular formula is C14H12BrN5. The van der Waals surface area contributed by atoms with E-state index >= 15 is 0 Å². The second-order valence-electron chi connectivity index (χ2n) is 4.11. The van der Waals surface area contributed by atoms with Gasteiger partial charge in [0.2, 0.25) is 0 Å². The molecule has 0 bridgehead atoms. The van der Waals surface area contributed by atoms with Crippen LogP contribution in [0.2, 0.25) is 0 Å². The quantitative estimate of drug-likeness (QED) is 0.773. The Morgan fingerprint density at radius 1 is 1.15 bits per heavy atom. The fourth-order valence-electron chi connectivity index (χ4n) is 1.89. The van der Waals surface area contributed by atoms with Gasteiger partial charge in [0.15, 0.2) is 11.6 Å². The standard InChI is InChI=1S/C14H12BrN5/c1-16-12-10(15)11(9-5-3-2-4-6-9)19-14(20-12)13-17-7-8-18-13/h2-8H,1H3,(H,17,18)(H,16,19,20). The van der Waals surface area contributed by atoms with E-state index in [2.05, 4.69) is 41.2 Å². The van der Waals surface area contributed by atoms with Crippen molar-refractivity contribution in [2.75, 3.05) is 12.4 Å². The molecule has 0 radical (unpaired) electrons. The van der Waals surface area contributed by atoms with Crippen LogP contribution in [0.4, 0.5) is 5.82 Å². The summed E-state index contributed by atoms with van der Waals surface area (Å²) < 4.78 is 0.835. The second kappa shape index (κ2) is 5.42. The molecule has 0 saturated heterocycles. The molecule has 100 valence electrons. The normalized spacial score (nSPS) is 10.5. The number of hydrogen-bond acceptors (Lipinski definition) is 4. The molecule has 5 nitrogen and oxygen atoms in total. The van der Waals surface area contributed by atoms with E-state index in [0.717, 1.165) is 21.5 Å². The van der Waals surface area contributed by atoms with Crippen LogP contribution in [0.15, 0.2) is 47.2 Å². The zero-order chi connectivity index (χ0) is 13.9. The SMILES string of the molecule is CNc1nc(-c2ncc[nH]2)nc(-c2ccccc2)c1Br. The number of anilines is 1. The molecule has 0 fully saturated rings. The van der Waals surface area contributed by atoms with E-state index in [4.69, 9.17) is 0 Å². The van der Waals surface area contributed by atoms with Crippen molar-refractivity contribution < 1.29 is 0 Å². The van der Waals surface area contributed by atoms with Gasteiger partial charge in [-0.05, 0) is 15.9 Å². The molecule has 0 atom stereocenters. The molecule has 0 aliphatic heterocycles. The third kappa shape index (κ3) is 2.30. The molecule has 2 aromatic heterocycles. The minimum absolute atomic E-state index is 0.557. The monoisotopic (exact) mass is 329 g/mol. The van der Waals surface area contributed by atoms with Gasteiger partial charge in [0.1, 0.15) is 5.82 Å². The van der Waals surface area contributed by atoms with Gasteiger partial charge in [-0.3, -0.25) is 0 Å². The number of halogens is 1. The fraction of sp³-hybridized carbons (Fsp3) is 0.0714. The Hall–Kier alpha value is -2.21. The first-order valence-corrected chi connectivity index (χ1v) is 6.89. The van der Waals surface area contributed by atoms with Gasteiger partial charge in [-0.25, -0.2) is 15.0 Å². The Kier molecular flexibility index (Phi) is 3.47. The van der Waals surface area contributed by atoms with Crippen LogP contribution in [-0.2, 0) is 0 Å². The zero-order valence-corrected chi connectivity index (χ0v) is 12.3. The summed E-state index contributed by atoms with van der Waals surface area (Å²) >= 11 is 3.56. The van der Waals surface area contributed by atoms with Gasteiger partial charge in [-0.1, -0.05) is 30.3 Å². The number of nitrogens with zero attached hydrogens (tertiary/aromatic N) is 3. The molecule has 2 N–H and O–H groups in total. The maximum Gasteiger partial charge on any atom is 0.198 e. The van der Waals surface area contributed by atoms with E-state index in [1.165, 1.54) is 0 Å². The Morgan fingerprint density at radius 2 is 1.95 bits per heavy atom. The maximum atomic E-state index is 4.60. The van der Waals surface area contributed by atoms with Crippen molar-refractivity contribution in [2.45, 2.75) is 0 Å². The van der Waals surface area contributed by atoms with E-state index in [0.29, 0.717) is 11.6 Å². The number of rotatable bonds is 3. The van der Waals surface area contributed by atoms with Crippen molar-refractivity contribution in [3.8, 4) is 22.9 Å². The molecule has 3 aromatic rings. The minimum Gasteiger partial charge on any atom is -0.372 e. The predicted octanol–water partition coefficient (Wildman–Crippen LogP) is 3.34. The summed E-state index contributed by atoms with van der Waals surface area (Å²) in [6, 6.07) is 9.97. The minimum atomic E-state index is 0.557. The maximum absolute atomic E-state index is 4.60. The molecule has 0 spiro atoms. The largest absolute Gasteiger partial charge is 0.372 e. The summed E-state index contributed by atoms with van der Waals surface area (Å²) in [7, 11) is 1.83. The predicted molar refractivity (Wildman–Crippen MR) is 82.3 cm³/mol. The van der Waals surface area contributed by atoms with Gasteiger partial charge in [0.05, 0.1) is 10.2 Å². The third-order valence-corrected chi connectivity index (χ3v) is 3.60. The first-order valence-electron chi connectivity index (χ1n) is 6.10. The van der Waals surface area contributed by atoms with Crippen LogP contribution < -0.4 is 5.32 Å². The highest BCUT2D eigenvalue weighted by Gasteiger charge is 2.15. The lowest BCUT2D eigenvalue weighted by molar-refractivity contribution is 1.11. The van der Waals surface area contributed by atoms with Crippen molar-refractivity contribution in [3.63, 3.8) is 0 Å². The van der Waals surface area contributed by atoms with Gasteiger partial charge >= 0.3 is 0 Å². The van der Waals surface area contributed by atoms with Gasteiger partial charge in [-0.15, -0.1) is 0 Å². The van der Waals surface area contributed by atoms with Crippen LogP contribution in [0.3, 0.4) is 0 Å². The molecule has 3 rings (SSSR count). The molecule has 0 aliphatic rings. The Labute approximate surface area is 124 Å². The second-order valence-corrected chi connectivity index (χ2v) is 4.91. The van der Waals surface area contributed by atoms with E-state index in [1.54, 1.807) is 12.4 Å². The molecule has 0 unspecified atom stereocenters. The number of hydrogen-bond donors (Lipinski definition) is 2. The van der Waals surface area contributed by atoms with Crippen LogP contribution >= 0.6 is 15.9 Å². The average molecular weight is 330 g/mol. The average Bonchev–Trinajstić information content (AvgIpc) is 3.03. The van der Waals surface area contributed by atoms with Gasteiger partial charge in [-0.2, -0.15) is 0 Å². The van der Waals surface area contributed by atoms with Gasteiger partial charge < -0.3 is 10.3 Å². The molecule has 1 aromatic carbocycles. The number of benzene rings is 1. The van der Waals surface area contributed by atoms with E-state index < -0.39 is 0 Å². The Bertz CT molecular complexity index is 710. The number of aromatic nitrogens is 4. The lowest BCUT2D eigenvalue weighted by Crippen LogP contribution is -2.01. The van der Waals surface area contributed by atoms with Gasteiger partial charge in [0, 0.05) is 25.0 Å². The van der Waals surface area contributed by atoms with Gasteiger partial charge in [0.25, 0.3) is 0 Å². The lowest BCUT2D eigenvalue weighted by atomic mass is 10.1. The Balaban J connectivity index is 2.21. The molecule has 0 saturated carbocycles. The molecule has 0 amide bonds. The third-order valence-electron chi connectivity index (χ3n) is 2.85. The van der Waals surface area contributed by atoms with Crippen LogP contribution in [0.5, 0.6) is 0 Å². The summed E-state index contributed by atoms with van der Waals surface area (Å²) in [6.45, 7) is 0. The first kappa shape index (κ1) is 12.8. The molecule has 6 heteroatoms. The van der Waals surface area contributed by atoms with Crippen molar-refractivity contribution in [2.24, 2.45) is 0 Å². The van der Waals surface area contributed by atoms with Crippen molar-refractivity contribution >= 4 is 21.7 Å². The van der Waals surface area contributed by atoms with Crippen LogP contribution in [-0.4, -0.2) is 27.0 Å². The number of imidazole rings is 1. The highest BCUT2D eigenvalue weighted by atomic mass is 79.9. The summed E-state index contributed by atoms with van der Waals surface area (Å²) in [5.74, 6) is 1.93. The molecule has 2 heterocycles. The smallest absolute Gasteiger partial charge is 0.198 e. The molecule has 20 heavy (non-hydrogen) atoms. The van der Waals surface area contributed by atoms with Crippen LogP contribution in [0.25, 0.3) is 22.9 Å². The summed E-state index contributed by atoms with van der Waals surface area (Å²) in [6.07, 6.45) is 3.43. The van der Waals surface area contributed by atoms with Crippen LogP contribution in [0.1, 0.15) is 0 Å². The summed E-state index contributed by atoms with van der Waals surface area (Å²) in [5.41, 5.74) is 1.85. The van der Waals surface area contributed by atoms with Crippen molar-refractivity contribution in [3.05, 3.63) is 47.2 Å². The first-order chi connectivity index (χ1) is 9.79. The fourth-order valence-corrected chi connectivity index (χ4v) is 2.50. The number of H-pyrrole nitrogens is 1. The highest BCUT2D eigenvalue weighted by Crippen LogP contribution is 2.32. The summed E-state index contributed by atoms with van der Waals surface area (Å²) in [5, 5.41) is 3.07. The zero-order valence-electron chi connectivity index (χ0n) is 10.8. The summed E-state index contributed by atoms with van der Waals surface area (Å²) in [4.78, 5) is 16.3. The number of nitrogens with one attached hydrogen (secondary N) is 2. The van der Waals surface area contributed by atoms with E-state index in [-0.39, 0.29) is 0 Å². The molecule has 0 aliphatic carbocycles. The lowest BCUT2D eigenvalue weighted by Gasteiger charge is -2.10. The topological polar surface area (TPSA) is 66.5 Å². The highest BCUT2D eigenvalue weighted by molar-refractivity contribution is 9.10. The van der Waals surface area contributed by atoms with Crippen LogP contribution in [0, 0.1) is 0 Å². The molecular weight excluding hydrogens is 318 g/mol. The Morgan fingerprint density at radius 3 is 2.60 bits per heavy atom. The van der Waals surface area contributed by atoms with Crippen molar-refractivity contribution in [1.82, 2.24) is 19.9 Å². The van der Waals surface area contributed by atoms with E-state index in [9.17, 15) is 0 Å². The van der Waals surface area contributed by atoms with Crippen molar-refractivity contribution in [1.29, 1.82) is 0 Å². The van der Waals surface area contributed by atoms with E-state index in [1.807, 2.05) is 37.4 Å². The number of aromatic amines is 1.